The van der Waals surface area contributed by atoms with Gasteiger partial charge in [0.05, 0.1) is 0 Å². The first-order valence-electron chi connectivity index (χ1n) is 5.02. The Morgan fingerprint density at radius 2 is 2.19 bits per heavy atom. The fourth-order valence-corrected chi connectivity index (χ4v) is 2.29. The van der Waals surface area contributed by atoms with Gasteiger partial charge in [0.15, 0.2) is 0 Å². The first kappa shape index (κ1) is 11.0. The summed E-state index contributed by atoms with van der Waals surface area (Å²) in [5, 5.41) is 7.30. The van der Waals surface area contributed by atoms with Crippen molar-refractivity contribution < 1.29 is 0 Å². The topological polar surface area (TPSA) is 67.6 Å². The lowest BCUT2D eigenvalue weighted by Gasteiger charge is -2.04. The van der Waals surface area contributed by atoms with Crippen LogP contribution in [0.25, 0.3) is 0 Å². The van der Waals surface area contributed by atoms with Crippen LogP contribution in [0, 0.1) is 13.8 Å². The predicted molar refractivity (Wildman–Crippen MR) is 66.3 cm³/mol. The van der Waals surface area contributed by atoms with Crippen LogP contribution in [-0.2, 0) is 5.75 Å². The van der Waals surface area contributed by atoms with Crippen molar-refractivity contribution in [3.63, 3.8) is 0 Å². The van der Waals surface area contributed by atoms with E-state index in [2.05, 4.69) is 47.2 Å². The van der Waals surface area contributed by atoms with Crippen molar-refractivity contribution in [1.82, 2.24) is 15.2 Å². The van der Waals surface area contributed by atoms with Gasteiger partial charge in [0.1, 0.15) is 0 Å². The Hall–Kier alpha value is -1.49. The molecule has 84 valence electrons. The van der Waals surface area contributed by atoms with Gasteiger partial charge in [0.2, 0.25) is 11.1 Å². The van der Waals surface area contributed by atoms with Crippen molar-refractivity contribution in [3.8, 4) is 0 Å². The Morgan fingerprint density at radius 3 is 2.88 bits per heavy atom. The van der Waals surface area contributed by atoms with Gasteiger partial charge >= 0.3 is 0 Å². The first-order valence-corrected chi connectivity index (χ1v) is 6.00. The molecular weight excluding hydrogens is 220 g/mol. The summed E-state index contributed by atoms with van der Waals surface area (Å²) in [5.41, 5.74) is 9.34. The van der Waals surface area contributed by atoms with Crippen LogP contribution in [0.3, 0.4) is 0 Å². The third-order valence-electron chi connectivity index (χ3n) is 2.34. The number of nitrogen functional groups attached to an aromatic ring is 1. The van der Waals surface area contributed by atoms with Gasteiger partial charge in [-0.2, -0.15) is 4.98 Å². The highest BCUT2D eigenvalue weighted by atomic mass is 32.2. The van der Waals surface area contributed by atoms with Crippen LogP contribution in [0.5, 0.6) is 0 Å². The fourth-order valence-electron chi connectivity index (χ4n) is 1.42. The van der Waals surface area contributed by atoms with E-state index < -0.39 is 0 Å². The van der Waals surface area contributed by atoms with Crippen molar-refractivity contribution in [2.24, 2.45) is 0 Å². The van der Waals surface area contributed by atoms with E-state index in [1.54, 1.807) is 11.8 Å². The number of hydrogen-bond donors (Lipinski definition) is 2. The molecule has 1 heterocycles. The van der Waals surface area contributed by atoms with E-state index in [1.165, 1.54) is 16.7 Å². The van der Waals surface area contributed by atoms with E-state index in [0.29, 0.717) is 11.1 Å². The third-order valence-corrected chi connectivity index (χ3v) is 3.24. The average molecular weight is 234 g/mol. The highest BCUT2D eigenvalue weighted by Crippen LogP contribution is 2.22. The second-order valence-electron chi connectivity index (χ2n) is 3.72. The van der Waals surface area contributed by atoms with Gasteiger partial charge in [-0.25, -0.2) is 5.10 Å². The van der Waals surface area contributed by atoms with E-state index in [-0.39, 0.29) is 0 Å². The van der Waals surface area contributed by atoms with Crippen LogP contribution in [-0.4, -0.2) is 15.2 Å². The lowest BCUT2D eigenvalue weighted by Crippen LogP contribution is -1.88. The van der Waals surface area contributed by atoms with Gasteiger partial charge < -0.3 is 5.73 Å². The number of nitrogens with zero attached hydrogens (tertiary/aromatic N) is 2. The number of hydrogen-bond acceptors (Lipinski definition) is 4. The monoisotopic (exact) mass is 234 g/mol. The zero-order valence-corrected chi connectivity index (χ0v) is 10.1. The summed E-state index contributed by atoms with van der Waals surface area (Å²) in [4.78, 5) is 4.05. The number of aryl methyl sites for hydroxylation is 2. The van der Waals surface area contributed by atoms with Gasteiger partial charge in [0.25, 0.3) is 0 Å². The zero-order chi connectivity index (χ0) is 11.5. The molecule has 0 atom stereocenters. The number of benzene rings is 1. The normalized spacial score (nSPS) is 10.6. The summed E-state index contributed by atoms with van der Waals surface area (Å²) in [5.74, 6) is 1.23. The van der Waals surface area contributed by atoms with Crippen LogP contribution in [0.15, 0.2) is 23.4 Å². The van der Waals surface area contributed by atoms with Gasteiger partial charge in [-0.15, -0.1) is 5.10 Å². The van der Waals surface area contributed by atoms with Gasteiger partial charge in [-0.3, -0.25) is 0 Å². The minimum atomic E-state index is 0.364. The van der Waals surface area contributed by atoms with Crippen molar-refractivity contribution in [2.75, 3.05) is 5.73 Å². The Bertz CT molecular complexity index is 492. The minimum Gasteiger partial charge on any atom is -0.368 e. The zero-order valence-electron chi connectivity index (χ0n) is 9.32. The molecule has 0 unspecified atom stereocenters. The number of thioether (sulfide) groups is 1. The highest BCUT2D eigenvalue weighted by molar-refractivity contribution is 7.98. The van der Waals surface area contributed by atoms with Crippen LogP contribution < -0.4 is 5.73 Å². The maximum atomic E-state index is 5.46. The van der Waals surface area contributed by atoms with Crippen molar-refractivity contribution >= 4 is 17.7 Å². The van der Waals surface area contributed by atoms with Gasteiger partial charge in [-0.05, 0) is 25.0 Å². The molecule has 5 heteroatoms. The van der Waals surface area contributed by atoms with Crippen LogP contribution in [0.2, 0.25) is 0 Å². The largest absolute Gasteiger partial charge is 0.368 e. The summed E-state index contributed by atoms with van der Waals surface area (Å²) in [6.45, 7) is 4.21. The molecule has 0 aliphatic rings. The molecule has 2 rings (SSSR count). The number of aromatic amines is 1. The third kappa shape index (κ3) is 2.55. The van der Waals surface area contributed by atoms with E-state index >= 15 is 0 Å². The Labute approximate surface area is 98.7 Å². The molecule has 0 spiro atoms. The lowest BCUT2D eigenvalue weighted by atomic mass is 10.1. The average Bonchev–Trinajstić information content (AvgIpc) is 2.66. The van der Waals surface area contributed by atoms with Gasteiger partial charge in [-0.1, -0.05) is 35.5 Å². The van der Waals surface area contributed by atoms with E-state index in [4.69, 9.17) is 5.73 Å². The molecule has 0 aliphatic heterocycles. The fraction of sp³-hybridized carbons (Fsp3) is 0.273. The van der Waals surface area contributed by atoms with E-state index in [0.717, 1.165) is 5.75 Å². The molecule has 1 aromatic carbocycles. The lowest BCUT2D eigenvalue weighted by molar-refractivity contribution is 0.973. The Morgan fingerprint density at radius 1 is 1.38 bits per heavy atom. The molecule has 16 heavy (non-hydrogen) atoms. The number of anilines is 1. The van der Waals surface area contributed by atoms with Crippen LogP contribution in [0.4, 0.5) is 5.95 Å². The molecule has 2 aromatic rings. The summed E-state index contributed by atoms with van der Waals surface area (Å²) in [6, 6.07) is 6.45. The molecule has 0 saturated carbocycles. The van der Waals surface area contributed by atoms with E-state index in [9.17, 15) is 0 Å². The highest BCUT2D eigenvalue weighted by Gasteiger charge is 2.04. The van der Waals surface area contributed by atoms with Crippen LogP contribution in [0.1, 0.15) is 16.7 Å². The Kier molecular flexibility index (Phi) is 3.14. The number of H-pyrrole nitrogens is 1. The van der Waals surface area contributed by atoms with Gasteiger partial charge in [0, 0.05) is 5.75 Å². The SMILES string of the molecule is Cc1ccc(C)c(CSc2n[nH]c(N)n2)c1. The first-order chi connectivity index (χ1) is 7.65. The standard InChI is InChI=1S/C11H14N4S/c1-7-3-4-8(2)9(5-7)6-16-11-13-10(12)14-15-11/h3-5H,6H2,1-2H3,(H3,12,13,14,15). The summed E-state index contributed by atoms with van der Waals surface area (Å²) >= 11 is 1.58. The van der Waals surface area contributed by atoms with Crippen molar-refractivity contribution in [3.05, 3.63) is 34.9 Å². The quantitative estimate of drug-likeness (QED) is 0.800. The smallest absolute Gasteiger partial charge is 0.216 e. The molecule has 0 aliphatic carbocycles. The minimum absolute atomic E-state index is 0.364. The van der Waals surface area contributed by atoms with E-state index in [1.807, 2.05) is 0 Å². The molecular formula is C11H14N4S. The number of rotatable bonds is 3. The second-order valence-corrected chi connectivity index (χ2v) is 4.66. The molecule has 3 N–H and O–H groups in total. The molecule has 0 amide bonds. The second kappa shape index (κ2) is 4.57. The molecule has 0 saturated heterocycles. The number of nitrogens with two attached hydrogens (primary N) is 1. The number of aromatic nitrogens is 3. The summed E-state index contributed by atoms with van der Waals surface area (Å²) < 4.78 is 0. The molecule has 1 aromatic heterocycles. The predicted octanol–water partition coefficient (Wildman–Crippen LogP) is 2.30. The molecule has 4 nitrogen and oxygen atoms in total. The summed E-state index contributed by atoms with van der Waals surface area (Å²) in [7, 11) is 0. The Balaban J connectivity index is 2.07. The molecule has 0 bridgehead atoms. The maximum absolute atomic E-state index is 5.46. The van der Waals surface area contributed by atoms with Crippen molar-refractivity contribution in [2.45, 2.75) is 24.8 Å². The maximum Gasteiger partial charge on any atom is 0.216 e. The molecule has 0 radical (unpaired) electrons. The number of nitrogens with one attached hydrogen (secondary N) is 1. The van der Waals surface area contributed by atoms with Crippen molar-refractivity contribution in [1.29, 1.82) is 0 Å². The summed E-state index contributed by atoms with van der Waals surface area (Å²) in [6.07, 6.45) is 0. The molecule has 0 fully saturated rings. The van der Waals surface area contributed by atoms with Crippen LogP contribution >= 0.6 is 11.8 Å².